The lowest BCUT2D eigenvalue weighted by Gasteiger charge is -1.87. The summed E-state index contributed by atoms with van der Waals surface area (Å²) in [7, 11) is 0. The minimum atomic E-state index is 1.09. The van der Waals surface area contributed by atoms with Crippen LogP contribution in [0.5, 0.6) is 0 Å². The van der Waals surface area contributed by atoms with Gasteiger partial charge in [0.1, 0.15) is 0 Å². The van der Waals surface area contributed by atoms with E-state index in [4.69, 9.17) is 0 Å². The Bertz CT molecular complexity index is 156. The molecule has 63 valence electrons. The van der Waals surface area contributed by atoms with E-state index in [1.807, 2.05) is 6.08 Å². The van der Waals surface area contributed by atoms with Crippen molar-refractivity contribution in [3.8, 4) is 0 Å². The fraction of sp³-hybridized carbons (Fsp3) is 0.333. The molecule has 0 aromatic heterocycles. The molecule has 0 bridgehead atoms. The summed E-state index contributed by atoms with van der Waals surface area (Å²) in [6.07, 6.45) is 22.5. The van der Waals surface area contributed by atoms with Crippen LogP contribution >= 0.6 is 0 Å². The van der Waals surface area contributed by atoms with Crippen LogP contribution in [-0.2, 0) is 0 Å². The second-order valence-corrected chi connectivity index (χ2v) is 2.78. The summed E-state index contributed by atoms with van der Waals surface area (Å²) in [6, 6.07) is 0. The van der Waals surface area contributed by atoms with Gasteiger partial charge in [-0.2, -0.15) is 0 Å². The van der Waals surface area contributed by atoms with Gasteiger partial charge in [-0.1, -0.05) is 42.5 Å². The Morgan fingerprint density at radius 1 is 0.750 bits per heavy atom. The number of rotatable bonds is 0. The fourth-order valence-corrected chi connectivity index (χ4v) is 1.02. The van der Waals surface area contributed by atoms with E-state index in [-0.39, 0.29) is 0 Å². The molecule has 0 fully saturated rings. The summed E-state index contributed by atoms with van der Waals surface area (Å²) in [5.41, 5.74) is 0. The van der Waals surface area contributed by atoms with Crippen molar-refractivity contribution in [3.63, 3.8) is 0 Å². The Labute approximate surface area is 75.0 Å². The lowest BCUT2D eigenvalue weighted by molar-refractivity contribution is 1.03. The van der Waals surface area contributed by atoms with Gasteiger partial charge < -0.3 is 0 Å². The van der Waals surface area contributed by atoms with E-state index >= 15 is 0 Å². The normalized spacial score (nSPS) is 18.7. The maximum atomic E-state index is 3.14. The van der Waals surface area contributed by atoms with Gasteiger partial charge in [-0.05, 0) is 31.8 Å². The Morgan fingerprint density at radius 2 is 1.42 bits per heavy atom. The molecule has 0 heteroatoms. The topological polar surface area (TPSA) is 0 Å². The van der Waals surface area contributed by atoms with Crippen molar-refractivity contribution in [1.82, 2.24) is 0 Å². The standard InChI is InChI=1S/C12H15/c1-2-4-6-8-10-12-11-9-7-5-3-1/h1-4,9-11H,5-8H2. The molecule has 0 unspecified atom stereocenters. The van der Waals surface area contributed by atoms with E-state index in [2.05, 4.69) is 42.5 Å². The second kappa shape index (κ2) is 6.66. The van der Waals surface area contributed by atoms with Crippen LogP contribution in [0.1, 0.15) is 25.7 Å². The summed E-state index contributed by atoms with van der Waals surface area (Å²) < 4.78 is 0. The molecule has 0 aliphatic heterocycles. The lowest BCUT2D eigenvalue weighted by Crippen LogP contribution is -1.68. The van der Waals surface area contributed by atoms with Gasteiger partial charge in [-0.3, -0.25) is 0 Å². The van der Waals surface area contributed by atoms with E-state index in [0.717, 1.165) is 25.7 Å². The predicted octanol–water partition coefficient (Wildman–Crippen LogP) is 3.59. The van der Waals surface area contributed by atoms with Crippen LogP contribution in [0.3, 0.4) is 0 Å². The zero-order chi connectivity index (χ0) is 8.49. The predicted molar refractivity (Wildman–Crippen MR) is 53.7 cm³/mol. The van der Waals surface area contributed by atoms with Crippen LogP contribution in [-0.4, -0.2) is 0 Å². The van der Waals surface area contributed by atoms with Gasteiger partial charge in [0.25, 0.3) is 0 Å². The number of hydrogen-bond acceptors (Lipinski definition) is 0. The SMILES string of the molecule is [C]1=CCCC=CC=CCCC=C1. The van der Waals surface area contributed by atoms with Crippen molar-refractivity contribution in [2.45, 2.75) is 25.7 Å². The Balaban J connectivity index is 2.40. The smallest absolute Gasteiger partial charge is 0.0230 e. The van der Waals surface area contributed by atoms with Crippen LogP contribution in [0.15, 0.2) is 42.5 Å². The summed E-state index contributed by atoms with van der Waals surface area (Å²) in [4.78, 5) is 0. The van der Waals surface area contributed by atoms with Crippen LogP contribution in [0.2, 0.25) is 0 Å². The molecule has 0 spiro atoms. The van der Waals surface area contributed by atoms with Crippen LogP contribution in [0.4, 0.5) is 0 Å². The highest BCUT2D eigenvalue weighted by Crippen LogP contribution is 1.98. The molecule has 0 amide bonds. The van der Waals surface area contributed by atoms with Gasteiger partial charge in [0.05, 0.1) is 0 Å². The molecule has 1 aliphatic carbocycles. The zero-order valence-corrected chi connectivity index (χ0v) is 7.37. The van der Waals surface area contributed by atoms with Gasteiger partial charge in [-0.25, -0.2) is 0 Å². The van der Waals surface area contributed by atoms with Crippen molar-refractivity contribution >= 4 is 0 Å². The highest BCUT2D eigenvalue weighted by molar-refractivity contribution is 5.05. The molecule has 1 radical (unpaired) electrons. The van der Waals surface area contributed by atoms with Crippen LogP contribution < -0.4 is 0 Å². The Kier molecular flexibility index (Phi) is 5.02. The molecular formula is C12H15. The quantitative estimate of drug-likeness (QED) is 0.506. The van der Waals surface area contributed by atoms with Crippen molar-refractivity contribution in [2.75, 3.05) is 0 Å². The summed E-state index contributed by atoms with van der Waals surface area (Å²) in [5.74, 6) is 0. The largest absolute Gasteiger partial charge is 0.0842 e. The first-order chi connectivity index (χ1) is 6.00. The van der Waals surface area contributed by atoms with Crippen molar-refractivity contribution in [2.24, 2.45) is 0 Å². The van der Waals surface area contributed by atoms with Gasteiger partial charge in [0, 0.05) is 0 Å². The molecule has 0 atom stereocenters. The van der Waals surface area contributed by atoms with Gasteiger partial charge in [0.2, 0.25) is 0 Å². The van der Waals surface area contributed by atoms with E-state index in [0.29, 0.717) is 0 Å². The number of allylic oxidation sites excluding steroid dienone is 8. The first-order valence-electron chi connectivity index (χ1n) is 4.54. The first kappa shape index (κ1) is 9.05. The average Bonchev–Trinajstić information content (AvgIpc) is 2.05. The first-order valence-corrected chi connectivity index (χ1v) is 4.54. The highest BCUT2D eigenvalue weighted by atomic mass is 13.8. The zero-order valence-electron chi connectivity index (χ0n) is 7.37. The van der Waals surface area contributed by atoms with E-state index in [9.17, 15) is 0 Å². The third-order valence-corrected chi connectivity index (χ3v) is 1.69. The molecule has 0 saturated carbocycles. The Hall–Kier alpha value is -1.04. The molecular weight excluding hydrogens is 144 g/mol. The van der Waals surface area contributed by atoms with Crippen LogP contribution in [0.25, 0.3) is 0 Å². The third-order valence-electron chi connectivity index (χ3n) is 1.69. The van der Waals surface area contributed by atoms with E-state index in [1.165, 1.54) is 0 Å². The average molecular weight is 159 g/mol. The molecule has 0 aromatic carbocycles. The Morgan fingerprint density at radius 3 is 2.25 bits per heavy atom. The third kappa shape index (κ3) is 4.73. The lowest BCUT2D eigenvalue weighted by atomic mass is 10.2. The monoisotopic (exact) mass is 159 g/mol. The minimum Gasteiger partial charge on any atom is -0.0842 e. The molecule has 0 nitrogen and oxygen atoms in total. The summed E-state index contributed by atoms with van der Waals surface area (Å²) >= 11 is 0. The van der Waals surface area contributed by atoms with Crippen LogP contribution in [0, 0.1) is 6.08 Å². The highest BCUT2D eigenvalue weighted by Gasteiger charge is 1.78. The van der Waals surface area contributed by atoms with Crippen molar-refractivity contribution in [1.29, 1.82) is 0 Å². The second-order valence-electron chi connectivity index (χ2n) is 2.78. The molecule has 12 heavy (non-hydrogen) atoms. The molecule has 0 heterocycles. The molecule has 0 N–H and O–H groups in total. The summed E-state index contributed by atoms with van der Waals surface area (Å²) in [5, 5.41) is 0. The molecule has 1 rings (SSSR count). The van der Waals surface area contributed by atoms with E-state index < -0.39 is 0 Å². The maximum absolute atomic E-state index is 3.14. The fourth-order valence-electron chi connectivity index (χ4n) is 1.02. The van der Waals surface area contributed by atoms with E-state index in [1.54, 1.807) is 0 Å². The van der Waals surface area contributed by atoms with Crippen molar-refractivity contribution < 1.29 is 0 Å². The molecule has 0 aromatic rings. The van der Waals surface area contributed by atoms with Gasteiger partial charge >= 0.3 is 0 Å². The molecule has 1 aliphatic rings. The minimum absolute atomic E-state index is 1.09. The number of hydrogen-bond donors (Lipinski definition) is 0. The van der Waals surface area contributed by atoms with Gasteiger partial charge in [-0.15, -0.1) is 0 Å². The van der Waals surface area contributed by atoms with Gasteiger partial charge in [0.15, 0.2) is 0 Å². The maximum Gasteiger partial charge on any atom is -0.0230 e. The van der Waals surface area contributed by atoms with Crippen molar-refractivity contribution in [3.05, 3.63) is 48.6 Å². The molecule has 0 saturated heterocycles. The summed E-state index contributed by atoms with van der Waals surface area (Å²) in [6.45, 7) is 0.